The molecule has 68 valence electrons. The van der Waals surface area contributed by atoms with Crippen molar-refractivity contribution in [2.24, 2.45) is 4.99 Å². The number of hydrogen-bond donors (Lipinski definition) is 0. The predicted octanol–water partition coefficient (Wildman–Crippen LogP) is 1.93. The number of carbonyl (C=O) groups is 1. The number of rotatable bonds is 4. The fraction of sp³-hybridized carbons (Fsp3) is 0.556. The molecular weight excluding hydrogens is 154 g/mol. The Morgan fingerprint density at radius 1 is 1.50 bits per heavy atom. The van der Waals surface area contributed by atoms with Crippen LogP contribution in [0.2, 0.25) is 0 Å². The lowest BCUT2D eigenvalue weighted by Gasteiger charge is -2.00. The van der Waals surface area contributed by atoms with Gasteiger partial charge in [0.2, 0.25) is 0 Å². The first kappa shape index (κ1) is 10.9. The van der Waals surface area contributed by atoms with Crippen LogP contribution in [0.1, 0.15) is 27.2 Å². The van der Waals surface area contributed by atoms with Gasteiger partial charge in [-0.05, 0) is 20.3 Å². The smallest absolute Gasteiger partial charge is 0.356 e. The van der Waals surface area contributed by atoms with Crippen LogP contribution in [0, 0.1) is 0 Å². The van der Waals surface area contributed by atoms with Gasteiger partial charge in [0.05, 0.1) is 6.61 Å². The number of ether oxygens (including phenoxy) is 1. The second-order valence-electron chi connectivity index (χ2n) is 2.11. The first-order valence-corrected chi connectivity index (χ1v) is 4.12. The molecule has 0 aliphatic carbocycles. The van der Waals surface area contributed by atoms with Crippen LogP contribution in [0.25, 0.3) is 0 Å². The van der Waals surface area contributed by atoms with Gasteiger partial charge in [-0.1, -0.05) is 13.0 Å². The second-order valence-corrected chi connectivity index (χ2v) is 2.11. The van der Waals surface area contributed by atoms with Crippen LogP contribution in [0.4, 0.5) is 0 Å². The molecule has 0 N–H and O–H groups in total. The Hall–Kier alpha value is -1.12. The van der Waals surface area contributed by atoms with Gasteiger partial charge in [-0.2, -0.15) is 0 Å². The highest BCUT2D eigenvalue weighted by atomic mass is 16.5. The van der Waals surface area contributed by atoms with E-state index in [4.69, 9.17) is 4.74 Å². The van der Waals surface area contributed by atoms with Gasteiger partial charge in [0.15, 0.2) is 0 Å². The molecule has 0 unspecified atom stereocenters. The van der Waals surface area contributed by atoms with Gasteiger partial charge in [0.1, 0.15) is 5.70 Å². The Balaban J connectivity index is 4.30. The molecule has 0 saturated heterocycles. The predicted molar refractivity (Wildman–Crippen MR) is 49.2 cm³/mol. The summed E-state index contributed by atoms with van der Waals surface area (Å²) in [7, 11) is 0. The van der Waals surface area contributed by atoms with Crippen LogP contribution < -0.4 is 0 Å². The van der Waals surface area contributed by atoms with Crippen molar-refractivity contribution in [2.75, 3.05) is 6.61 Å². The highest BCUT2D eigenvalue weighted by molar-refractivity contribution is 5.89. The Morgan fingerprint density at radius 2 is 2.17 bits per heavy atom. The molecule has 12 heavy (non-hydrogen) atoms. The van der Waals surface area contributed by atoms with E-state index < -0.39 is 0 Å². The van der Waals surface area contributed by atoms with Crippen molar-refractivity contribution < 1.29 is 9.53 Å². The van der Waals surface area contributed by atoms with Crippen molar-refractivity contribution in [3.05, 3.63) is 11.8 Å². The van der Waals surface area contributed by atoms with E-state index in [0.29, 0.717) is 12.3 Å². The van der Waals surface area contributed by atoms with Crippen LogP contribution in [-0.4, -0.2) is 18.8 Å². The quantitative estimate of drug-likeness (QED) is 0.366. The van der Waals surface area contributed by atoms with Crippen LogP contribution in [0.5, 0.6) is 0 Å². The van der Waals surface area contributed by atoms with Gasteiger partial charge in [0, 0.05) is 6.21 Å². The lowest BCUT2D eigenvalue weighted by molar-refractivity contribution is -0.138. The molecular formula is C9H15NO2. The zero-order chi connectivity index (χ0) is 9.40. The molecule has 0 aromatic heterocycles. The highest BCUT2D eigenvalue weighted by Gasteiger charge is 2.06. The maximum absolute atomic E-state index is 11.1. The summed E-state index contributed by atoms with van der Waals surface area (Å²) >= 11 is 0. The molecule has 0 aliphatic heterocycles. The van der Waals surface area contributed by atoms with Crippen LogP contribution >= 0.6 is 0 Å². The summed E-state index contributed by atoms with van der Waals surface area (Å²) in [5.41, 5.74) is 0.391. The van der Waals surface area contributed by atoms with Gasteiger partial charge in [0.25, 0.3) is 0 Å². The number of carbonyl (C=O) groups excluding carboxylic acids is 1. The monoisotopic (exact) mass is 169 g/mol. The topological polar surface area (TPSA) is 38.7 Å². The minimum atomic E-state index is -0.350. The van der Waals surface area contributed by atoms with E-state index >= 15 is 0 Å². The average Bonchev–Trinajstić information content (AvgIpc) is 2.04. The van der Waals surface area contributed by atoms with E-state index in [9.17, 15) is 4.79 Å². The first-order chi connectivity index (χ1) is 5.76. The molecule has 0 amide bonds. The minimum Gasteiger partial charge on any atom is -0.461 e. The van der Waals surface area contributed by atoms with E-state index in [1.54, 1.807) is 26.1 Å². The molecule has 0 atom stereocenters. The fourth-order valence-electron chi connectivity index (χ4n) is 0.726. The highest BCUT2D eigenvalue weighted by Crippen LogP contribution is 2.01. The Labute approximate surface area is 73.1 Å². The SMILES string of the molecule is C/C=N\C(=C/CC)C(=O)OCC. The molecule has 0 aromatic carbocycles. The van der Waals surface area contributed by atoms with Crippen molar-refractivity contribution in [1.29, 1.82) is 0 Å². The molecule has 0 fully saturated rings. The number of hydrogen-bond acceptors (Lipinski definition) is 3. The van der Waals surface area contributed by atoms with Gasteiger partial charge < -0.3 is 4.74 Å². The third-order valence-corrected chi connectivity index (χ3v) is 1.15. The van der Waals surface area contributed by atoms with Crippen molar-refractivity contribution >= 4 is 12.2 Å². The largest absolute Gasteiger partial charge is 0.461 e. The normalized spacial score (nSPS) is 12.1. The summed E-state index contributed by atoms with van der Waals surface area (Å²) in [6.45, 7) is 5.88. The number of aliphatic imine (C=N–C) groups is 1. The zero-order valence-electron chi connectivity index (χ0n) is 7.83. The number of allylic oxidation sites excluding steroid dienone is 1. The van der Waals surface area contributed by atoms with Gasteiger partial charge in [-0.25, -0.2) is 4.79 Å². The molecule has 0 bridgehead atoms. The van der Waals surface area contributed by atoms with Crippen molar-refractivity contribution in [3.63, 3.8) is 0 Å². The van der Waals surface area contributed by atoms with Crippen LogP contribution in [0.3, 0.4) is 0 Å². The van der Waals surface area contributed by atoms with Crippen LogP contribution in [-0.2, 0) is 9.53 Å². The fourth-order valence-corrected chi connectivity index (χ4v) is 0.726. The zero-order valence-corrected chi connectivity index (χ0v) is 7.83. The molecule has 0 rings (SSSR count). The number of nitrogens with zero attached hydrogens (tertiary/aromatic N) is 1. The molecule has 3 heteroatoms. The maximum atomic E-state index is 11.1. The molecule has 0 saturated carbocycles. The van der Waals surface area contributed by atoms with Crippen molar-refractivity contribution in [2.45, 2.75) is 27.2 Å². The van der Waals surface area contributed by atoms with E-state index in [-0.39, 0.29) is 5.97 Å². The molecule has 3 nitrogen and oxygen atoms in total. The van der Waals surface area contributed by atoms with E-state index in [1.165, 1.54) is 0 Å². The molecule has 0 radical (unpaired) electrons. The lowest BCUT2D eigenvalue weighted by atomic mass is 10.3. The lowest BCUT2D eigenvalue weighted by Crippen LogP contribution is -2.06. The molecule has 0 aliphatic rings. The van der Waals surface area contributed by atoms with E-state index in [1.807, 2.05) is 6.92 Å². The van der Waals surface area contributed by atoms with Gasteiger partial charge in [-0.15, -0.1) is 0 Å². The van der Waals surface area contributed by atoms with Crippen molar-refractivity contribution in [1.82, 2.24) is 0 Å². The van der Waals surface area contributed by atoms with Crippen molar-refractivity contribution in [3.8, 4) is 0 Å². The summed E-state index contributed by atoms with van der Waals surface area (Å²) in [5, 5.41) is 0. The van der Waals surface area contributed by atoms with Gasteiger partial charge in [-0.3, -0.25) is 4.99 Å². The second kappa shape index (κ2) is 6.58. The minimum absolute atomic E-state index is 0.350. The Bertz CT molecular complexity index is 195. The standard InChI is InChI=1S/C9H15NO2/c1-4-7-8(10-5-2)9(11)12-6-3/h5,7H,4,6H2,1-3H3/b8-7-,10-5-. The van der Waals surface area contributed by atoms with Gasteiger partial charge >= 0.3 is 5.97 Å². The molecule has 0 heterocycles. The third kappa shape index (κ3) is 3.91. The first-order valence-electron chi connectivity index (χ1n) is 4.12. The van der Waals surface area contributed by atoms with E-state index in [2.05, 4.69) is 4.99 Å². The number of esters is 1. The Morgan fingerprint density at radius 3 is 2.58 bits per heavy atom. The summed E-state index contributed by atoms with van der Waals surface area (Å²) in [4.78, 5) is 15.0. The maximum Gasteiger partial charge on any atom is 0.356 e. The molecule has 0 aromatic rings. The van der Waals surface area contributed by atoms with Crippen LogP contribution in [0.15, 0.2) is 16.8 Å². The van der Waals surface area contributed by atoms with E-state index in [0.717, 1.165) is 6.42 Å². The average molecular weight is 169 g/mol. The summed E-state index contributed by atoms with van der Waals surface area (Å²) in [6.07, 6.45) is 4.11. The summed E-state index contributed by atoms with van der Waals surface area (Å²) in [5.74, 6) is -0.350. The summed E-state index contributed by atoms with van der Waals surface area (Å²) < 4.78 is 4.79. The third-order valence-electron chi connectivity index (χ3n) is 1.15. The summed E-state index contributed by atoms with van der Waals surface area (Å²) in [6, 6.07) is 0. The Kier molecular flexibility index (Phi) is 5.97. The molecule has 0 spiro atoms.